The number of esters is 1. The molecule has 2 rings (SSSR count). The summed E-state index contributed by atoms with van der Waals surface area (Å²) in [6.45, 7) is 1.98. The van der Waals surface area contributed by atoms with Crippen LogP contribution in [-0.2, 0) is 11.2 Å². The van der Waals surface area contributed by atoms with Gasteiger partial charge in [-0.25, -0.2) is 4.79 Å². The van der Waals surface area contributed by atoms with Crippen molar-refractivity contribution in [3.63, 3.8) is 0 Å². The Labute approximate surface area is 111 Å². The van der Waals surface area contributed by atoms with Gasteiger partial charge in [-0.1, -0.05) is 5.16 Å². The van der Waals surface area contributed by atoms with Crippen molar-refractivity contribution in [1.29, 1.82) is 0 Å². The molecule has 0 aromatic carbocycles. The Morgan fingerprint density at radius 3 is 2.84 bits per heavy atom. The van der Waals surface area contributed by atoms with Gasteiger partial charge in [-0.3, -0.25) is 4.79 Å². The first-order chi connectivity index (χ1) is 9.04. The Morgan fingerprint density at radius 2 is 2.21 bits per heavy atom. The van der Waals surface area contributed by atoms with Crippen LogP contribution in [0.5, 0.6) is 0 Å². The number of hydrogen-bond donors (Lipinski definition) is 0. The molecule has 19 heavy (non-hydrogen) atoms. The Bertz CT molecular complexity index is 543. The molecule has 1 aliphatic rings. The van der Waals surface area contributed by atoms with Crippen LogP contribution < -0.4 is 0 Å². The summed E-state index contributed by atoms with van der Waals surface area (Å²) in [6, 6.07) is 0. The number of nitrogens with zero attached hydrogens (tertiary/aromatic N) is 2. The molecule has 0 radical (unpaired) electrons. The third-order valence-electron chi connectivity index (χ3n) is 2.81. The van der Waals surface area contributed by atoms with E-state index >= 15 is 0 Å². The van der Waals surface area contributed by atoms with Crippen molar-refractivity contribution in [2.24, 2.45) is 0 Å². The molecule has 0 N–H and O–H groups in total. The quantitative estimate of drug-likeness (QED) is 0.607. The first-order valence-electron chi connectivity index (χ1n) is 6.12. The summed E-state index contributed by atoms with van der Waals surface area (Å²) in [7, 11) is 3.69. The van der Waals surface area contributed by atoms with E-state index in [4.69, 9.17) is 9.26 Å². The maximum atomic E-state index is 12.2. The van der Waals surface area contributed by atoms with Gasteiger partial charge in [0, 0.05) is 31.4 Å². The van der Waals surface area contributed by atoms with Crippen LogP contribution in [0, 0.1) is 0 Å². The fourth-order valence-corrected chi connectivity index (χ4v) is 2.03. The average molecular weight is 264 g/mol. The summed E-state index contributed by atoms with van der Waals surface area (Å²) in [5, 5.41) is 3.67. The lowest BCUT2D eigenvalue weighted by Crippen LogP contribution is -2.17. The van der Waals surface area contributed by atoms with Gasteiger partial charge in [0.05, 0.1) is 6.61 Å². The number of rotatable bonds is 3. The van der Waals surface area contributed by atoms with Crippen molar-refractivity contribution in [3.05, 3.63) is 28.8 Å². The molecule has 0 atom stereocenters. The second-order valence-corrected chi connectivity index (χ2v) is 4.51. The Balaban J connectivity index is 2.33. The number of fused-ring (bicyclic) bond motifs is 1. The highest BCUT2D eigenvalue weighted by Crippen LogP contribution is 2.28. The van der Waals surface area contributed by atoms with E-state index in [1.807, 2.05) is 14.1 Å². The molecule has 0 amide bonds. The van der Waals surface area contributed by atoms with E-state index in [-0.39, 0.29) is 23.8 Å². The zero-order valence-corrected chi connectivity index (χ0v) is 11.2. The number of hydrogen-bond acceptors (Lipinski definition) is 6. The molecule has 1 aromatic rings. The SMILES string of the molecule is CCOC(=O)c1noc2c1CC/C(=C/N(C)C)C2=O. The summed E-state index contributed by atoms with van der Waals surface area (Å²) in [5.41, 5.74) is 1.33. The van der Waals surface area contributed by atoms with Crippen molar-refractivity contribution in [1.82, 2.24) is 10.1 Å². The van der Waals surface area contributed by atoms with Crippen molar-refractivity contribution >= 4 is 11.8 Å². The van der Waals surface area contributed by atoms with Gasteiger partial charge in [0.2, 0.25) is 11.5 Å². The second kappa shape index (κ2) is 5.26. The Kier molecular flexibility index (Phi) is 3.69. The van der Waals surface area contributed by atoms with E-state index in [1.165, 1.54) is 0 Å². The van der Waals surface area contributed by atoms with Gasteiger partial charge in [-0.2, -0.15) is 0 Å². The second-order valence-electron chi connectivity index (χ2n) is 4.51. The molecule has 0 aliphatic heterocycles. The van der Waals surface area contributed by atoms with Crippen molar-refractivity contribution in [3.8, 4) is 0 Å². The van der Waals surface area contributed by atoms with Crippen LogP contribution in [0.1, 0.15) is 40.0 Å². The number of ether oxygens (including phenoxy) is 1. The number of carbonyl (C=O) groups is 2. The first-order valence-corrected chi connectivity index (χ1v) is 6.12. The zero-order valence-electron chi connectivity index (χ0n) is 11.2. The van der Waals surface area contributed by atoms with Crippen LogP contribution in [0.2, 0.25) is 0 Å². The van der Waals surface area contributed by atoms with Crippen LogP contribution in [0.4, 0.5) is 0 Å². The first kappa shape index (κ1) is 13.3. The van der Waals surface area contributed by atoms with Gasteiger partial charge in [-0.05, 0) is 19.8 Å². The van der Waals surface area contributed by atoms with E-state index in [9.17, 15) is 9.59 Å². The topological polar surface area (TPSA) is 72.6 Å². The molecule has 6 heteroatoms. The minimum absolute atomic E-state index is 0.120. The van der Waals surface area contributed by atoms with E-state index in [2.05, 4.69) is 5.16 Å². The number of aromatic nitrogens is 1. The number of carbonyl (C=O) groups excluding carboxylic acids is 2. The third-order valence-corrected chi connectivity index (χ3v) is 2.81. The van der Waals surface area contributed by atoms with E-state index in [0.717, 1.165) is 0 Å². The van der Waals surface area contributed by atoms with Gasteiger partial charge in [0.1, 0.15) is 0 Å². The van der Waals surface area contributed by atoms with Gasteiger partial charge in [-0.15, -0.1) is 0 Å². The highest BCUT2D eigenvalue weighted by molar-refractivity contribution is 6.10. The lowest BCUT2D eigenvalue weighted by atomic mass is 9.91. The molecule has 0 bridgehead atoms. The van der Waals surface area contributed by atoms with Crippen LogP contribution in [-0.4, -0.2) is 42.5 Å². The highest BCUT2D eigenvalue weighted by atomic mass is 16.5. The summed E-state index contributed by atoms with van der Waals surface area (Å²) in [4.78, 5) is 25.6. The largest absolute Gasteiger partial charge is 0.461 e. The predicted octanol–water partition coefficient (Wildman–Crippen LogP) is 1.43. The van der Waals surface area contributed by atoms with Crippen molar-refractivity contribution in [2.45, 2.75) is 19.8 Å². The monoisotopic (exact) mass is 264 g/mol. The standard InChI is InChI=1S/C13H16N2O4/c1-4-18-13(17)10-9-6-5-8(7-15(2)3)11(16)12(9)19-14-10/h7H,4-6H2,1-3H3/b8-7-. The lowest BCUT2D eigenvalue weighted by molar-refractivity contribution is 0.0513. The molecule has 102 valence electrons. The molecular formula is C13H16N2O4. The van der Waals surface area contributed by atoms with Crippen LogP contribution in [0.25, 0.3) is 0 Å². The Morgan fingerprint density at radius 1 is 1.47 bits per heavy atom. The van der Waals surface area contributed by atoms with E-state index in [0.29, 0.717) is 24.0 Å². The fraction of sp³-hybridized carbons (Fsp3) is 0.462. The minimum Gasteiger partial charge on any atom is -0.461 e. The fourth-order valence-electron chi connectivity index (χ4n) is 2.03. The predicted molar refractivity (Wildman–Crippen MR) is 66.9 cm³/mol. The van der Waals surface area contributed by atoms with Crippen molar-refractivity contribution in [2.75, 3.05) is 20.7 Å². The molecule has 0 spiro atoms. The molecular weight excluding hydrogens is 248 g/mol. The Hall–Kier alpha value is -2.11. The molecule has 0 saturated carbocycles. The molecule has 6 nitrogen and oxygen atoms in total. The summed E-state index contributed by atoms with van der Waals surface area (Å²) >= 11 is 0. The summed E-state index contributed by atoms with van der Waals surface area (Å²) in [6.07, 6.45) is 2.88. The molecule has 0 fully saturated rings. The number of Topliss-reactive ketones (excluding diaryl/α,β-unsaturated/α-hetero) is 1. The van der Waals surface area contributed by atoms with Crippen molar-refractivity contribution < 1.29 is 18.8 Å². The minimum atomic E-state index is -0.541. The van der Waals surface area contributed by atoms with Crippen LogP contribution >= 0.6 is 0 Å². The van der Waals surface area contributed by atoms with E-state index < -0.39 is 5.97 Å². The average Bonchev–Trinajstić information content (AvgIpc) is 2.77. The third kappa shape index (κ3) is 2.52. The molecule has 0 unspecified atom stereocenters. The zero-order chi connectivity index (χ0) is 14.0. The number of allylic oxidation sites excluding steroid dienone is 1. The molecule has 0 saturated heterocycles. The lowest BCUT2D eigenvalue weighted by Gasteiger charge is -2.14. The van der Waals surface area contributed by atoms with Gasteiger partial charge < -0.3 is 14.2 Å². The highest BCUT2D eigenvalue weighted by Gasteiger charge is 2.32. The van der Waals surface area contributed by atoms with Crippen LogP contribution in [0.3, 0.4) is 0 Å². The van der Waals surface area contributed by atoms with Gasteiger partial charge in [0.25, 0.3) is 0 Å². The normalized spacial score (nSPS) is 16.4. The van der Waals surface area contributed by atoms with Gasteiger partial charge >= 0.3 is 5.97 Å². The van der Waals surface area contributed by atoms with Crippen LogP contribution in [0.15, 0.2) is 16.3 Å². The molecule has 1 heterocycles. The smallest absolute Gasteiger partial charge is 0.360 e. The molecule has 1 aliphatic carbocycles. The maximum Gasteiger partial charge on any atom is 0.360 e. The maximum absolute atomic E-state index is 12.2. The van der Waals surface area contributed by atoms with E-state index in [1.54, 1.807) is 18.0 Å². The number of ketones is 1. The molecule has 1 aromatic heterocycles. The van der Waals surface area contributed by atoms with Gasteiger partial charge in [0.15, 0.2) is 5.69 Å². The summed E-state index contributed by atoms with van der Waals surface area (Å²) < 4.78 is 9.90. The summed E-state index contributed by atoms with van der Waals surface area (Å²) in [5.74, 6) is -0.597.